The predicted molar refractivity (Wildman–Crippen MR) is 87.8 cm³/mol. The molecule has 1 aromatic heterocycles. The Morgan fingerprint density at radius 2 is 1.91 bits per heavy atom. The highest BCUT2D eigenvalue weighted by Crippen LogP contribution is 2.23. The number of ether oxygens (including phenoxy) is 1. The van der Waals surface area contributed by atoms with Gasteiger partial charge in [-0.05, 0) is 24.3 Å². The first kappa shape index (κ1) is 17.2. The van der Waals surface area contributed by atoms with Crippen LogP contribution >= 0.6 is 15.9 Å². The van der Waals surface area contributed by atoms with Crippen LogP contribution in [-0.2, 0) is 16.1 Å². The van der Waals surface area contributed by atoms with E-state index < -0.39 is 12.0 Å². The van der Waals surface area contributed by atoms with E-state index in [1.807, 2.05) is 43.4 Å². The van der Waals surface area contributed by atoms with Gasteiger partial charge in [0.1, 0.15) is 12.3 Å². The van der Waals surface area contributed by atoms with Crippen molar-refractivity contribution >= 4 is 27.9 Å². The van der Waals surface area contributed by atoms with E-state index in [0.717, 1.165) is 26.5 Å². The number of benzene rings is 1. The molecular formula is C16H18BrN2O4+. The molecule has 0 aliphatic carbocycles. The van der Waals surface area contributed by atoms with Crippen molar-refractivity contribution in [2.75, 3.05) is 20.7 Å². The van der Waals surface area contributed by atoms with E-state index in [1.54, 1.807) is 0 Å². The Bertz CT molecular complexity index is 682. The van der Waals surface area contributed by atoms with Crippen molar-refractivity contribution in [1.29, 1.82) is 0 Å². The number of hydrogen-bond acceptors (Lipinski definition) is 4. The summed E-state index contributed by atoms with van der Waals surface area (Å²) in [7, 11) is 3.06. The minimum Gasteiger partial charge on any atom is -0.455 e. The van der Waals surface area contributed by atoms with Crippen molar-refractivity contribution in [2.24, 2.45) is 0 Å². The zero-order valence-corrected chi connectivity index (χ0v) is 14.5. The fourth-order valence-electron chi connectivity index (χ4n) is 2.09. The highest BCUT2D eigenvalue weighted by atomic mass is 79.9. The lowest BCUT2D eigenvalue weighted by molar-refractivity contribution is -0.886. The zero-order chi connectivity index (χ0) is 16.8. The maximum Gasteiger partial charge on any atom is 0.413 e. The zero-order valence-electron chi connectivity index (χ0n) is 12.9. The number of imide groups is 1. The molecule has 2 amide bonds. The van der Waals surface area contributed by atoms with Gasteiger partial charge in [-0.15, -0.1) is 0 Å². The first-order valence-electron chi connectivity index (χ1n) is 7.01. The Kier molecular flexibility index (Phi) is 5.95. The summed E-state index contributed by atoms with van der Waals surface area (Å²) >= 11 is 3.40. The van der Waals surface area contributed by atoms with Crippen molar-refractivity contribution in [2.45, 2.75) is 6.54 Å². The third-order valence-corrected chi connectivity index (χ3v) is 3.68. The largest absolute Gasteiger partial charge is 0.455 e. The van der Waals surface area contributed by atoms with Gasteiger partial charge in [-0.1, -0.05) is 28.1 Å². The van der Waals surface area contributed by atoms with Crippen LogP contribution in [-0.4, -0.2) is 32.7 Å². The van der Waals surface area contributed by atoms with Crippen LogP contribution in [0.15, 0.2) is 45.3 Å². The molecule has 0 radical (unpaired) electrons. The Balaban J connectivity index is 1.92. The van der Waals surface area contributed by atoms with Crippen LogP contribution in [0.5, 0.6) is 0 Å². The molecule has 6 nitrogen and oxygen atoms in total. The van der Waals surface area contributed by atoms with Gasteiger partial charge in [0.15, 0.2) is 12.3 Å². The van der Waals surface area contributed by atoms with Gasteiger partial charge in [-0.2, -0.15) is 0 Å². The van der Waals surface area contributed by atoms with Gasteiger partial charge in [0.05, 0.1) is 14.2 Å². The summed E-state index contributed by atoms with van der Waals surface area (Å²) < 4.78 is 11.2. The van der Waals surface area contributed by atoms with E-state index in [0.29, 0.717) is 6.54 Å². The van der Waals surface area contributed by atoms with Crippen molar-refractivity contribution in [3.63, 3.8) is 0 Å². The molecule has 2 aromatic rings. The molecular weight excluding hydrogens is 364 g/mol. The quantitative estimate of drug-likeness (QED) is 0.824. The van der Waals surface area contributed by atoms with Crippen molar-refractivity contribution in [3.05, 3.63) is 46.6 Å². The van der Waals surface area contributed by atoms with Crippen molar-refractivity contribution in [1.82, 2.24) is 5.32 Å². The molecule has 0 spiro atoms. The van der Waals surface area contributed by atoms with Crippen LogP contribution in [0.4, 0.5) is 4.79 Å². The Morgan fingerprint density at radius 1 is 1.22 bits per heavy atom. The second-order valence-corrected chi connectivity index (χ2v) is 6.04. The lowest BCUT2D eigenvalue weighted by Crippen LogP contribution is -3.08. The standard InChI is InChI=1S/C16H17BrN2O4/c1-19(10-15(20)18-16(21)22-2)9-13-7-8-14(23-13)11-3-5-12(17)6-4-11/h3-8H,9-10H2,1-2H3,(H,18,20,21)/p+1. The number of likely N-dealkylation sites (N-methyl/N-ethyl adjacent to an activating group) is 1. The molecule has 0 aliphatic rings. The summed E-state index contributed by atoms with van der Waals surface area (Å²) in [6.07, 6.45) is -0.752. The maximum atomic E-state index is 11.6. The fourth-order valence-corrected chi connectivity index (χ4v) is 2.35. The van der Waals surface area contributed by atoms with E-state index in [1.165, 1.54) is 7.11 Å². The smallest absolute Gasteiger partial charge is 0.413 e. The molecule has 2 N–H and O–H groups in total. The lowest BCUT2D eigenvalue weighted by atomic mass is 10.2. The Hall–Kier alpha value is -2.12. The molecule has 0 aliphatic heterocycles. The molecule has 1 atom stereocenters. The SMILES string of the molecule is COC(=O)NC(=O)C[NH+](C)Cc1ccc(-c2ccc(Br)cc2)o1. The monoisotopic (exact) mass is 381 g/mol. The average Bonchev–Trinajstić information content (AvgIpc) is 2.95. The first-order valence-corrected chi connectivity index (χ1v) is 7.81. The molecule has 0 fully saturated rings. The minimum atomic E-state index is -0.752. The average molecular weight is 382 g/mol. The third kappa shape index (κ3) is 5.22. The molecule has 23 heavy (non-hydrogen) atoms. The molecule has 1 unspecified atom stereocenters. The number of alkyl carbamates (subject to hydrolysis) is 1. The summed E-state index contributed by atoms with van der Waals surface area (Å²) in [5, 5.41) is 2.13. The van der Waals surface area contributed by atoms with Gasteiger partial charge in [0, 0.05) is 10.0 Å². The first-order chi connectivity index (χ1) is 11.0. The van der Waals surface area contributed by atoms with E-state index >= 15 is 0 Å². The molecule has 0 saturated carbocycles. The molecule has 0 saturated heterocycles. The molecule has 2 rings (SSSR count). The fraction of sp³-hybridized carbons (Fsp3) is 0.250. The normalized spacial score (nSPS) is 11.8. The molecule has 7 heteroatoms. The van der Waals surface area contributed by atoms with Gasteiger partial charge < -0.3 is 14.1 Å². The third-order valence-electron chi connectivity index (χ3n) is 3.16. The highest BCUT2D eigenvalue weighted by molar-refractivity contribution is 9.10. The second kappa shape index (κ2) is 7.94. The molecule has 0 bridgehead atoms. The maximum absolute atomic E-state index is 11.6. The van der Waals surface area contributed by atoms with Crippen LogP contribution < -0.4 is 10.2 Å². The number of nitrogens with one attached hydrogen (secondary N) is 2. The lowest BCUT2D eigenvalue weighted by Gasteiger charge is -2.11. The topological polar surface area (TPSA) is 73.0 Å². The van der Waals surface area contributed by atoms with Crippen molar-refractivity contribution < 1.29 is 23.6 Å². The molecule has 122 valence electrons. The Morgan fingerprint density at radius 3 is 2.57 bits per heavy atom. The minimum absolute atomic E-state index is 0.142. The number of carbonyl (C=O) groups is 2. The number of hydrogen-bond donors (Lipinski definition) is 2. The number of furan rings is 1. The summed E-state index contributed by atoms with van der Waals surface area (Å²) in [4.78, 5) is 23.5. The highest BCUT2D eigenvalue weighted by Gasteiger charge is 2.15. The summed E-state index contributed by atoms with van der Waals surface area (Å²) in [5.41, 5.74) is 0.987. The van der Waals surface area contributed by atoms with Crippen LogP contribution in [0.3, 0.4) is 0 Å². The number of methoxy groups -OCH3 is 1. The van der Waals surface area contributed by atoms with Crippen LogP contribution in [0.1, 0.15) is 5.76 Å². The predicted octanol–water partition coefficient (Wildman–Crippen LogP) is 1.61. The molecule has 1 heterocycles. The Labute approximate surface area is 142 Å². The number of amides is 2. The summed E-state index contributed by atoms with van der Waals surface area (Å²) in [5.74, 6) is 1.15. The van der Waals surface area contributed by atoms with Crippen LogP contribution in [0.25, 0.3) is 11.3 Å². The van der Waals surface area contributed by atoms with E-state index in [2.05, 4.69) is 26.0 Å². The number of rotatable bonds is 5. The van der Waals surface area contributed by atoms with Gasteiger partial charge in [0.25, 0.3) is 5.91 Å². The number of quaternary nitrogens is 1. The van der Waals surface area contributed by atoms with Crippen molar-refractivity contribution in [3.8, 4) is 11.3 Å². The number of carbonyl (C=O) groups excluding carboxylic acids is 2. The van der Waals surface area contributed by atoms with E-state index in [4.69, 9.17) is 4.42 Å². The summed E-state index contributed by atoms with van der Waals surface area (Å²) in [6.45, 7) is 0.675. The van der Waals surface area contributed by atoms with Gasteiger partial charge in [-0.25, -0.2) is 4.79 Å². The van der Waals surface area contributed by atoms with E-state index in [9.17, 15) is 9.59 Å². The number of halogens is 1. The van der Waals surface area contributed by atoms with Crippen LogP contribution in [0, 0.1) is 0 Å². The molecule has 1 aromatic carbocycles. The van der Waals surface area contributed by atoms with Gasteiger partial charge in [0.2, 0.25) is 0 Å². The second-order valence-electron chi connectivity index (χ2n) is 5.12. The summed E-state index contributed by atoms with van der Waals surface area (Å²) in [6, 6.07) is 11.6. The van der Waals surface area contributed by atoms with Crippen LogP contribution in [0.2, 0.25) is 0 Å². The van der Waals surface area contributed by atoms with E-state index in [-0.39, 0.29) is 6.54 Å². The van der Waals surface area contributed by atoms with Gasteiger partial charge in [-0.3, -0.25) is 10.1 Å². The van der Waals surface area contributed by atoms with Gasteiger partial charge >= 0.3 is 6.09 Å².